The van der Waals surface area contributed by atoms with Crippen molar-refractivity contribution in [1.29, 1.82) is 0 Å². The van der Waals surface area contributed by atoms with E-state index in [4.69, 9.17) is 16.0 Å². The van der Waals surface area contributed by atoms with Gasteiger partial charge in [-0.2, -0.15) is 0 Å². The molecule has 0 radical (unpaired) electrons. The summed E-state index contributed by atoms with van der Waals surface area (Å²) in [4.78, 5) is 12.7. The third kappa shape index (κ3) is 3.85. The number of amides is 1. The number of hydrogen-bond donors (Lipinski definition) is 1. The summed E-state index contributed by atoms with van der Waals surface area (Å²) in [7, 11) is -0.824. The normalized spacial score (nSPS) is 13.1. The molecule has 0 spiro atoms. The van der Waals surface area contributed by atoms with Crippen LogP contribution in [0.5, 0.6) is 0 Å². The van der Waals surface area contributed by atoms with Crippen LogP contribution >= 0.6 is 11.6 Å². The van der Waals surface area contributed by atoms with Gasteiger partial charge in [-0.25, -0.2) is 12.7 Å². The van der Waals surface area contributed by atoms with Crippen molar-refractivity contribution in [3.8, 4) is 0 Å². The van der Waals surface area contributed by atoms with Crippen molar-refractivity contribution in [2.75, 3.05) is 14.1 Å². The molecule has 6 nitrogen and oxygen atoms in total. The highest BCUT2D eigenvalue weighted by Gasteiger charge is 2.22. The van der Waals surface area contributed by atoms with Gasteiger partial charge in [0.25, 0.3) is 5.91 Å². The van der Waals surface area contributed by atoms with Crippen LogP contribution in [-0.2, 0) is 10.0 Å². The van der Waals surface area contributed by atoms with Gasteiger partial charge in [0.2, 0.25) is 10.0 Å². The monoisotopic (exact) mass is 406 g/mol. The van der Waals surface area contributed by atoms with Gasteiger partial charge in [-0.15, -0.1) is 0 Å². The molecule has 1 amide bonds. The summed E-state index contributed by atoms with van der Waals surface area (Å²) >= 11 is 6.12. The number of carbonyl (C=O) groups excluding carboxylic acids is 1. The van der Waals surface area contributed by atoms with E-state index in [-0.39, 0.29) is 15.5 Å². The van der Waals surface area contributed by atoms with E-state index < -0.39 is 22.0 Å². The zero-order valence-corrected chi connectivity index (χ0v) is 16.6. The Morgan fingerprint density at radius 2 is 1.85 bits per heavy atom. The quantitative estimate of drug-likeness (QED) is 0.698. The average molecular weight is 407 g/mol. The Balaban J connectivity index is 1.87. The molecule has 1 aromatic heterocycles. The predicted octanol–water partition coefficient (Wildman–Crippen LogP) is 3.83. The first-order chi connectivity index (χ1) is 12.7. The van der Waals surface area contributed by atoms with Crippen LogP contribution in [0.2, 0.25) is 5.02 Å². The van der Waals surface area contributed by atoms with Gasteiger partial charge in [-0.05, 0) is 37.3 Å². The van der Waals surface area contributed by atoms with Crippen LogP contribution in [0.15, 0.2) is 57.8 Å². The third-order valence-corrected chi connectivity index (χ3v) is 6.32. The fraction of sp³-hybridized carbons (Fsp3) is 0.211. The molecule has 0 unspecified atom stereocenters. The van der Waals surface area contributed by atoms with E-state index in [1.165, 1.54) is 32.3 Å². The molecule has 27 heavy (non-hydrogen) atoms. The van der Waals surface area contributed by atoms with Gasteiger partial charge in [-0.3, -0.25) is 4.79 Å². The lowest BCUT2D eigenvalue weighted by atomic mass is 10.1. The number of nitrogens with zero attached hydrogens (tertiary/aromatic N) is 1. The molecule has 1 heterocycles. The number of furan rings is 1. The summed E-state index contributed by atoms with van der Waals surface area (Å²) in [5, 5.41) is 3.90. The zero-order chi connectivity index (χ0) is 19.8. The van der Waals surface area contributed by atoms with E-state index in [0.717, 1.165) is 15.3 Å². The highest BCUT2D eigenvalue weighted by Crippen LogP contribution is 2.26. The second-order valence-electron chi connectivity index (χ2n) is 6.31. The van der Waals surface area contributed by atoms with Crippen molar-refractivity contribution < 1.29 is 17.6 Å². The first-order valence-electron chi connectivity index (χ1n) is 8.21. The molecule has 0 fully saturated rings. The number of halogens is 1. The lowest BCUT2D eigenvalue weighted by Crippen LogP contribution is -2.27. The number of hydrogen-bond acceptors (Lipinski definition) is 4. The van der Waals surface area contributed by atoms with Crippen molar-refractivity contribution in [1.82, 2.24) is 9.62 Å². The Hall–Kier alpha value is -2.35. The summed E-state index contributed by atoms with van der Waals surface area (Å²) in [6.07, 6.45) is 0. The molecule has 1 N–H and O–H groups in total. The Kier molecular flexibility index (Phi) is 5.28. The first kappa shape index (κ1) is 19.4. The van der Waals surface area contributed by atoms with Crippen LogP contribution in [0, 0.1) is 0 Å². The molecule has 0 bridgehead atoms. The molecule has 0 aliphatic rings. The molecule has 2 aromatic carbocycles. The van der Waals surface area contributed by atoms with Crippen LogP contribution < -0.4 is 5.32 Å². The lowest BCUT2D eigenvalue weighted by Gasteiger charge is -2.15. The van der Waals surface area contributed by atoms with Crippen molar-refractivity contribution >= 4 is 38.5 Å². The molecule has 0 aliphatic heterocycles. The minimum atomic E-state index is -3.67. The highest BCUT2D eigenvalue weighted by molar-refractivity contribution is 7.89. The number of fused-ring (bicyclic) bond motifs is 1. The van der Waals surface area contributed by atoms with Crippen molar-refractivity contribution in [3.05, 3.63) is 64.9 Å². The van der Waals surface area contributed by atoms with E-state index in [2.05, 4.69) is 5.32 Å². The van der Waals surface area contributed by atoms with Crippen molar-refractivity contribution in [2.24, 2.45) is 0 Å². The Morgan fingerprint density at radius 1 is 1.15 bits per heavy atom. The number of benzene rings is 2. The van der Waals surface area contributed by atoms with Gasteiger partial charge >= 0.3 is 0 Å². The number of carbonyl (C=O) groups is 1. The topological polar surface area (TPSA) is 79.6 Å². The van der Waals surface area contributed by atoms with E-state index in [1.807, 2.05) is 30.3 Å². The number of nitrogens with one attached hydrogen (secondary N) is 1. The van der Waals surface area contributed by atoms with Gasteiger partial charge in [0.05, 0.1) is 21.5 Å². The van der Waals surface area contributed by atoms with Gasteiger partial charge in [0.1, 0.15) is 11.3 Å². The van der Waals surface area contributed by atoms with Crippen LogP contribution in [-0.4, -0.2) is 32.7 Å². The molecule has 1 atom stereocenters. The SMILES string of the molecule is C[C@H](NC(=O)c1cc(S(=O)(=O)N(C)C)ccc1Cl)c1cc2ccccc2o1. The Bertz CT molecular complexity index is 1070. The molecule has 0 saturated carbocycles. The highest BCUT2D eigenvalue weighted by atomic mass is 35.5. The average Bonchev–Trinajstić information content (AvgIpc) is 3.06. The molecule has 142 valence electrons. The fourth-order valence-corrected chi connectivity index (χ4v) is 3.74. The number of rotatable bonds is 5. The van der Waals surface area contributed by atoms with Gasteiger partial charge in [0.15, 0.2) is 0 Å². The maximum Gasteiger partial charge on any atom is 0.253 e. The third-order valence-electron chi connectivity index (χ3n) is 4.18. The minimum Gasteiger partial charge on any atom is -0.459 e. The molecular formula is C19H19ClN2O4S. The van der Waals surface area contributed by atoms with Crippen LogP contribution in [0.3, 0.4) is 0 Å². The first-order valence-corrected chi connectivity index (χ1v) is 10.0. The van der Waals surface area contributed by atoms with Gasteiger partial charge in [-0.1, -0.05) is 29.8 Å². The fourth-order valence-electron chi connectivity index (χ4n) is 2.61. The smallest absolute Gasteiger partial charge is 0.253 e. The molecule has 0 saturated heterocycles. The van der Waals surface area contributed by atoms with E-state index in [9.17, 15) is 13.2 Å². The largest absolute Gasteiger partial charge is 0.459 e. The summed E-state index contributed by atoms with van der Waals surface area (Å²) in [5.74, 6) is 0.113. The molecule has 8 heteroatoms. The maximum atomic E-state index is 12.7. The maximum absolute atomic E-state index is 12.7. The summed E-state index contributed by atoms with van der Waals surface area (Å²) in [5.41, 5.74) is 0.813. The summed E-state index contributed by atoms with van der Waals surface area (Å²) in [6.45, 7) is 1.78. The summed E-state index contributed by atoms with van der Waals surface area (Å²) < 4.78 is 31.4. The van der Waals surface area contributed by atoms with E-state index in [1.54, 1.807) is 6.92 Å². The van der Waals surface area contributed by atoms with Crippen LogP contribution in [0.1, 0.15) is 29.1 Å². The Labute approximate surface area is 162 Å². The second kappa shape index (κ2) is 7.34. The van der Waals surface area contributed by atoms with Crippen LogP contribution in [0.25, 0.3) is 11.0 Å². The second-order valence-corrected chi connectivity index (χ2v) is 8.87. The van der Waals surface area contributed by atoms with Gasteiger partial charge in [0, 0.05) is 19.5 Å². The van der Waals surface area contributed by atoms with Crippen molar-refractivity contribution in [3.63, 3.8) is 0 Å². The molecule has 0 aliphatic carbocycles. The molecular weight excluding hydrogens is 388 g/mol. The van der Waals surface area contributed by atoms with E-state index in [0.29, 0.717) is 5.76 Å². The van der Waals surface area contributed by atoms with Crippen LogP contribution in [0.4, 0.5) is 0 Å². The molecule has 3 rings (SSSR count). The summed E-state index contributed by atoms with van der Waals surface area (Å²) in [6, 6.07) is 13.0. The Morgan fingerprint density at radius 3 is 2.52 bits per heavy atom. The minimum absolute atomic E-state index is 0.00144. The molecule has 3 aromatic rings. The predicted molar refractivity (Wildman–Crippen MR) is 104 cm³/mol. The standard InChI is InChI=1S/C19H19ClN2O4S/c1-12(18-10-13-6-4-5-7-17(13)26-18)21-19(23)15-11-14(8-9-16(15)20)27(24,25)22(2)3/h4-12H,1-3H3,(H,21,23)/t12-/m0/s1. The lowest BCUT2D eigenvalue weighted by molar-refractivity contribution is 0.0935. The zero-order valence-electron chi connectivity index (χ0n) is 15.1. The van der Waals surface area contributed by atoms with E-state index >= 15 is 0 Å². The number of para-hydroxylation sites is 1. The van der Waals surface area contributed by atoms with Gasteiger partial charge < -0.3 is 9.73 Å². The van der Waals surface area contributed by atoms with Crippen molar-refractivity contribution in [2.45, 2.75) is 17.9 Å². The number of sulfonamides is 1.